The monoisotopic (exact) mass is 403 g/mol. The van der Waals surface area contributed by atoms with E-state index < -0.39 is 32.5 Å². The topological polar surface area (TPSA) is 104 Å². The Balaban J connectivity index is 1.69. The molecule has 10 heteroatoms. The Kier molecular flexibility index (Phi) is 7.66. The lowest BCUT2D eigenvalue weighted by atomic mass is 9.89. The molecule has 0 spiro atoms. The molecule has 1 aromatic rings. The first-order valence-electron chi connectivity index (χ1n) is 8.83. The molecule has 1 aliphatic rings. The maximum absolute atomic E-state index is 13.5. The third kappa shape index (κ3) is 6.55. The van der Waals surface area contributed by atoms with Crippen LogP contribution in [0.15, 0.2) is 23.1 Å². The summed E-state index contributed by atoms with van der Waals surface area (Å²) >= 11 is 0. The Morgan fingerprint density at radius 3 is 2.44 bits per heavy atom. The molecule has 27 heavy (non-hydrogen) atoms. The number of hydrazine groups is 1. The van der Waals surface area contributed by atoms with E-state index in [1.165, 1.54) is 0 Å². The van der Waals surface area contributed by atoms with Crippen LogP contribution in [0.2, 0.25) is 0 Å². The predicted molar refractivity (Wildman–Crippen MR) is 93.6 cm³/mol. The molecule has 0 heterocycles. The summed E-state index contributed by atoms with van der Waals surface area (Å²) in [6.07, 6.45) is 4.86. The number of benzene rings is 1. The summed E-state index contributed by atoms with van der Waals surface area (Å²) in [5.74, 6) is -2.82. The van der Waals surface area contributed by atoms with Gasteiger partial charge in [0, 0.05) is 24.9 Å². The van der Waals surface area contributed by atoms with Crippen LogP contribution in [0.5, 0.6) is 0 Å². The van der Waals surface area contributed by atoms with Crippen molar-refractivity contribution in [1.29, 1.82) is 0 Å². The zero-order valence-corrected chi connectivity index (χ0v) is 15.6. The zero-order chi connectivity index (χ0) is 19.9. The van der Waals surface area contributed by atoms with E-state index in [1.54, 1.807) is 0 Å². The van der Waals surface area contributed by atoms with Crippen LogP contribution in [0.1, 0.15) is 44.9 Å². The Labute approximate surface area is 156 Å². The lowest BCUT2D eigenvalue weighted by Gasteiger charge is -2.20. The highest BCUT2D eigenvalue weighted by atomic mass is 32.2. The quantitative estimate of drug-likeness (QED) is 0.477. The van der Waals surface area contributed by atoms with Gasteiger partial charge in [-0.1, -0.05) is 19.3 Å². The molecule has 0 aliphatic heterocycles. The fraction of sp³-hybridized carbons (Fsp3) is 0.529. The van der Waals surface area contributed by atoms with E-state index in [2.05, 4.69) is 15.6 Å². The summed E-state index contributed by atoms with van der Waals surface area (Å²) in [6, 6.07) is 2.16. The molecule has 0 radical (unpaired) electrons. The average molecular weight is 403 g/mol. The molecule has 3 N–H and O–H groups in total. The second kappa shape index (κ2) is 9.75. The summed E-state index contributed by atoms with van der Waals surface area (Å²) in [4.78, 5) is 22.9. The van der Waals surface area contributed by atoms with Gasteiger partial charge >= 0.3 is 0 Å². The number of nitrogens with one attached hydrogen (secondary N) is 3. The summed E-state index contributed by atoms with van der Waals surface area (Å²) < 4.78 is 52.5. The maximum Gasteiger partial charge on any atom is 0.243 e. The van der Waals surface area contributed by atoms with Crippen molar-refractivity contribution in [2.75, 3.05) is 6.54 Å². The van der Waals surface area contributed by atoms with E-state index in [1.807, 2.05) is 0 Å². The van der Waals surface area contributed by atoms with Gasteiger partial charge in [0.25, 0.3) is 0 Å². The molecule has 0 unspecified atom stereocenters. The molecule has 1 saturated carbocycles. The minimum atomic E-state index is -4.14. The molecule has 1 fully saturated rings. The zero-order valence-electron chi connectivity index (χ0n) is 14.8. The van der Waals surface area contributed by atoms with E-state index in [0.29, 0.717) is 6.07 Å². The largest absolute Gasteiger partial charge is 0.273 e. The Hall–Kier alpha value is -2.07. The van der Waals surface area contributed by atoms with Crippen molar-refractivity contribution in [2.24, 2.45) is 5.92 Å². The van der Waals surface area contributed by atoms with Gasteiger partial charge in [0.2, 0.25) is 21.8 Å². The van der Waals surface area contributed by atoms with Crippen LogP contribution >= 0.6 is 0 Å². The van der Waals surface area contributed by atoms with E-state index >= 15 is 0 Å². The minimum Gasteiger partial charge on any atom is -0.273 e. The third-order valence-corrected chi connectivity index (χ3v) is 5.85. The van der Waals surface area contributed by atoms with Gasteiger partial charge in [-0.05, 0) is 31.4 Å². The summed E-state index contributed by atoms with van der Waals surface area (Å²) in [7, 11) is -4.14. The standard InChI is InChI=1S/C17H23F2N3O4S/c18-13-8-9-15(14(19)11-13)27(25,26)20-10-4-7-16(23)21-22-17(24)12-5-2-1-3-6-12/h8-9,11-12,20H,1-7,10H2,(H,21,23)(H,22,24). The lowest BCUT2D eigenvalue weighted by molar-refractivity contribution is -0.131. The van der Waals surface area contributed by atoms with Gasteiger partial charge in [-0.3, -0.25) is 20.4 Å². The van der Waals surface area contributed by atoms with Crippen LogP contribution in [0, 0.1) is 17.6 Å². The van der Waals surface area contributed by atoms with Crippen molar-refractivity contribution in [1.82, 2.24) is 15.6 Å². The fourth-order valence-corrected chi connectivity index (χ4v) is 4.02. The van der Waals surface area contributed by atoms with Gasteiger partial charge in [0.15, 0.2) is 0 Å². The third-order valence-electron chi connectivity index (χ3n) is 4.36. The average Bonchev–Trinajstić information content (AvgIpc) is 2.63. The number of rotatable bonds is 7. The molecule has 0 atom stereocenters. The number of hydrogen-bond donors (Lipinski definition) is 3. The van der Waals surface area contributed by atoms with Crippen LogP contribution in [-0.2, 0) is 19.6 Å². The van der Waals surface area contributed by atoms with Crippen LogP contribution < -0.4 is 15.6 Å². The van der Waals surface area contributed by atoms with Gasteiger partial charge in [-0.15, -0.1) is 0 Å². The molecular weight excluding hydrogens is 380 g/mol. The van der Waals surface area contributed by atoms with Gasteiger partial charge < -0.3 is 0 Å². The molecule has 2 amide bonds. The first kappa shape index (κ1) is 21.2. The molecule has 0 aromatic heterocycles. The molecule has 2 rings (SSSR count). The summed E-state index contributed by atoms with van der Waals surface area (Å²) in [5.41, 5.74) is 4.69. The van der Waals surface area contributed by atoms with Gasteiger partial charge in [0.1, 0.15) is 16.5 Å². The highest BCUT2D eigenvalue weighted by molar-refractivity contribution is 7.89. The van der Waals surface area contributed by atoms with Gasteiger partial charge in [-0.25, -0.2) is 21.9 Å². The van der Waals surface area contributed by atoms with Crippen molar-refractivity contribution in [3.8, 4) is 0 Å². The molecule has 1 aliphatic carbocycles. The van der Waals surface area contributed by atoms with Crippen molar-refractivity contribution >= 4 is 21.8 Å². The number of carbonyl (C=O) groups is 2. The SMILES string of the molecule is O=C(CCCNS(=O)(=O)c1ccc(F)cc1F)NNC(=O)C1CCCCC1. The Morgan fingerprint density at radius 2 is 1.78 bits per heavy atom. The second-order valence-electron chi connectivity index (χ2n) is 6.45. The number of carbonyl (C=O) groups excluding carboxylic acids is 2. The highest BCUT2D eigenvalue weighted by Crippen LogP contribution is 2.23. The molecule has 0 bridgehead atoms. The van der Waals surface area contributed by atoms with Crippen LogP contribution in [0.3, 0.4) is 0 Å². The first-order valence-corrected chi connectivity index (χ1v) is 10.3. The Bertz CT molecular complexity index is 780. The van der Waals surface area contributed by atoms with E-state index in [0.717, 1.165) is 44.2 Å². The lowest BCUT2D eigenvalue weighted by Crippen LogP contribution is -2.45. The maximum atomic E-state index is 13.5. The van der Waals surface area contributed by atoms with Crippen molar-refractivity contribution in [3.05, 3.63) is 29.8 Å². The second-order valence-corrected chi connectivity index (χ2v) is 8.18. The number of amides is 2. The minimum absolute atomic E-state index is 0.0284. The summed E-state index contributed by atoms with van der Waals surface area (Å²) in [5, 5.41) is 0. The van der Waals surface area contributed by atoms with E-state index in [4.69, 9.17) is 0 Å². The number of halogens is 2. The van der Waals surface area contributed by atoms with Gasteiger partial charge in [-0.2, -0.15) is 0 Å². The molecule has 1 aromatic carbocycles. The predicted octanol–water partition coefficient (Wildman–Crippen LogP) is 1.75. The fourth-order valence-electron chi connectivity index (χ4n) is 2.89. The van der Waals surface area contributed by atoms with E-state index in [-0.39, 0.29) is 31.2 Å². The van der Waals surface area contributed by atoms with Gasteiger partial charge in [0.05, 0.1) is 0 Å². The first-order chi connectivity index (χ1) is 12.8. The molecular formula is C17H23F2N3O4S. The van der Waals surface area contributed by atoms with Crippen LogP contribution in [-0.4, -0.2) is 26.8 Å². The molecule has 150 valence electrons. The van der Waals surface area contributed by atoms with E-state index in [9.17, 15) is 26.8 Å². The van der Waals surface area contributed by atoms with Crippen LogP contribution in [0.4, 0.5) is 8.78 Å². The summed E-state index contributed by atoms with van der Waals surface area (Å²) in [6.45, 7) is -0.108. The van der Waals surface area contributed by atoms with Crippen molar-refractivity contribution < 1.29 is 26.8 Å². The van der Waals surface area contributed by atoms with Crippen molar-refractivity contribution in [3.63, 3.8) is 0 Å². The normalized spacial score (nSPS) is 15.3. The molecule has 7 nitrogen and oxygen atoms in total. The number of hydrogen-bond acceptors (Lipinski definition) is 4. The molecule has 0 saturated heterocycles. The van der Waals surface area contributed by atoms with Crippen LogP contribution in [0.25, 0.3) is 0 Å². The number of sulfonamides is 1. The Morgan fingerprint density at radius 1 is 1.07 bits per heavy atom. The highest BCUT2D eigenvalue weighted by Gasteiger charge is 2.21. The van der Waals surface area contributed by atoms with Crippen molar-refractivity contribution in [2.45, 2.75) is 49.8 Å². The smallest absolute Gasteiger partial charge is 0.243 e.